The van der Waals surface area contributed by atoms with Crippen molar-refractivity contribution in [3.05, 3.63) is 24.4 Å². The van der Waals surface area contributed by atoms with Gasteiger partial charge < -0.3 is 19.1 Å². The van der Waals surface area contributed by atoms with Crippen LogP contribution in [0.25, 0.3) is 0 Å². The van der Waals surface area contributed by atoms with Gasteiger partial charge in [0.2, 0.25) is 5.88 Å². The molecule has 1 aromatic heterocycles. The fourth-order valence-corrected chi connectivity index (χ4v) is 2.59. The molecule has 1 amide bonds. The minimum Gasteiger partial charge on any atom is -0.472 e. The highest BCUT2D eigenvalue weighted by molar-refractivity contribution is 5.68. The Hall–Kier alpha value is -1.82. The number of pyridine rings is 1. The van der Waals surface area contributed by atoms with Gasteiger partial charge in [0.1, 0.15) is 12.2 Å². The minimum absolute atomic E-state index is 0.0119. The lowest BCUT2D eigenvalue weighted by atomic mass is 10.2. The van der Waals surface area contributed by atoms with Crippen molar-refractivity contribution in [1.82, 2.24) is 9.88 Å². The molecule has 114 valence electrons. The zero-order chi connectivity index (χ0) is 14.5. The third-order valence-corrected chi connectivity index (χ3v) is 3.76. The number of carbonyl (C=O) groups excluding carboxylic acids is 1. The van der Waals surface area contributed by atoms with Gasteiger partial charge in [0.05, 0.1) is 19.8 Å². The van der Waals surface area contributed by atoms with Crippen molar-refractivity contribution in [3.63, 3.8) is 0 Å². The first kappa shape index (κ1) is 14.1. The van der Waals surface area contributed by atoms with Crippen molar-refractivity contribution in [3.8, 4) is 5.88 Å². The summed E-state index contributed by atoms with van der Waals surface area (Å²) < 4.78 is 16.5. The Morgan fingerprint density at radius 3 is 2.86 bits per heavy atom. The highest BCUT2D eigenvalue weighted by atomic mass is 16.6. The SMILES string of the molecule is O=C(OC1CCOCC1)N1CCC(Oc2ccccn2)C1. The van der Waals surface area contributed by atoms with Crippen LogP contribution in [0.3, 0.4) is 0 Å². The number of rotatable bonds is 3. The summed E-state index contributed by atoms with van der Waals surface area (Å²) in [6.07, 6.45) is 3.81. The van der Waals surface area contributed by atoms with Crippen molar-refractivity contribution in [1.29, 1.82) is 0 Å². The van der Waals surface area contributed by atoms with Crippen molar-refractivity contribution < 1.29 is 19.0 Å². The van der Waals surface area contributed by atoms with Gasteiger partial charge in [0.25, 0.3) is 0 Å². The van der Waals surface area contributed by atoms with Gasteiger partial charge in [-0.15, -0.1) is 0 Å². The summed E-state index contributed by atoms with van der Waals surface area (Å²) >= 11 is 0. The van der Waals surface area contributed by atoms with Crippen LogP contribution in [0.4, 0.5) is 4.79 Å². The van der Waals surface area contributed by atoms with E-state index in [1.54, 1.807) is 11.1 Å². The Balaban J connectivity index is 1.46. The fourth-order valence-electron chi connectivity index (χ4n) is 2.59. The summed E-state index contributed by atoms with van der Waals surface area (Å²) in [7, 11) is 0. The summed E-state index contributed by atoms with van der Waals surface area (Å²) in [4.78, 5) is 17.9. The Morgan fingerprint density at radius 2 is 2.10 bits per heavy atom. The fraction of sp³-hybridized carbons (Fsp3) is 0.600. The van der Waals surface area contributed by atoms with Gasteiger partial charge >= 0.3 is 6.09 Å². The first-order valence-corrected chi connectivity index (χ1v) is 7.42. The number of nitrogens with zero attached hydrogens (tertiary/aromatic N) is 2. The van der Waals surface area contributed by atoms with Gasteiger partial charge in [-0.2, -0.15) is 0 Å². The highest BCUT2D eigenvalue weighted by Gasteiger charge is 2.30. The zero-order valence-corrected chi connectivity index (χ0v) is 11.9. The molecule has 0 aromatic carbocycles. The number of hydrogen-bond donors (Lipinski definition) is 0. The molecule has 0 spiro atoms. The van der Waals surface area contributed by atoms with Crippen LogP contribution in [0.15, 0.2) is 24.4 Å². The molecule has 6 heteroatoms. The van der Waals surface area contributed by atoms with Crippen LogP contribution in [0.1, 0.15) is 19.3 Å². The van der Waals surface area contributed by atoms with Gasteiger partial charge in [-0.05, 0) is 6.07 Å². The van der Waals surface area contributed by atoms with Gasteiger partial charge in [0, 0.05) is 38.1 Å². The van der Waals surface area contributed by atoms with E-state index < -0.39 is 0 Å². The van der Waals surface area contributed by atoms with Crippen LogP contribution in [-0.4, -0.2) is 54.5 Å². The van der Waals surface area contributed by atoms with Gasteiger partial charge in [0.15, 0.2) is 0 Å². The number of aromatic nitrogens is 1. The third-order valence-electron chi connectivity index (χ3n) is 3.76. The van der Waals surface area contributed by atoms with Crippen molar-refractivity contribution in [2.75, 3.05) is 26.3 Å². The molecule has 0 saturated carbocycles. The summed E-state index contributed by atoms with van der Waals surface area (Å²) in [5.74, 6) is 0.599. The molecule has 1 aromatic rings. The maximum Gasteiger partial charge on any atom is 0.410 e. The molecule has 2 aliphatic heterocycles. The van der Waals surface area contributed by atoms with Crippen molar-refractivity contribution >= 4 is 6.09 Å². The van der Waals surface area contributed by atoms with Crippen molar-refractivity contribution in [2.24, 2.45) is 0 Å². The maximum atomic E-state index is 12.1. The van der Waals surface area contributed by atoms with E-state index >= 15 is 0 Å². The topological polar surface area (TPSA) is 60.9 Å². The molecule has 21 heavy (non-hydrogen) atoms. The molecule has 3 heterocycles. The van der Waals surface area contributed by atoms with Crippen LogP contribution < -0.4 is 4.74 Å². The second kappa shape index (κ2) is 6.76. The number of likely N-dealkylation sites (tertiary alicyclic amines) is 1. The molecule has 2 aliphatic rings. The molecule has 3 rings (SSSR count). The lowest BCUT2D eigenvalue weighted by Gasteiger charge is -2.25. The molecular formula is C15H20N2O4. The first-order valence-electron chi connectivity index (χ1n) is 7.42. The van der Waals surface area contributed by atoms with E-state index in [9.17, 15) is 4.79 Å². The largest absolute Gasteiger partial charge is 0.472 e. The average Bonchev–Trinajstić information content (AvgIpc) is 2.98. The quantitative estimate of drug-likeness (QED) is 0.851. The Morgan fingerprint density at radius 1 is 1.24 bits per heavy atom. The normalized spacial score (nSPS) is 23.0. The standard InChI is InChI=1S/C15H20N2O4/c18-15(21-12-5-9-19-10-6-12)17-8-4-13(11-17)20-14-3-1-2-7-16-14/h1-3,7,12-13H,4-6,8-11H2. The Bertz CT molecular complexity index is 462. The van der Waals surface area contributed by atoms with E-state index in [2.05, 4.69) is 4.98 Å². The molecule has 6 nitrogen and oxygen atoms in total. The predicted molar refractivity (Wildman–Crippen MR) is 75.2 cm³/mol. The molecule has 1 unspecified atom stereocenters. The predicted octanol–water partition coefficient (Wildman–Crippen LogP) is 1.85. The molecular weight excluding hydrogens is 272 g/mol. The average molecular weight is 292 g/mol. The third kappa shape index (κ3) is 3.85. The van der Waals surface area contributed by atoms with E-state index in [4.69, 9.17) is 14.2 Å². The summed E-state index contributed by atoms with van der Waals surface area (Å²) in [6.45, 7) is 2.56. The molecule has 0 aliphatic carbocycles. The first-order chi connectivity index (χ1) is 10.3. The Labute approximate surface area is 124 Å². The van der Waals surface area contributed by atoms with Crippen LogP contribution in [-0.2, 0) is 9.47 Å². The minimum atomic E-state index is -0.242. The lowest BCUT2D eigenvalue weighted by Crippen LogP contribution is -2.35. The maximum absolute atomic E-state index is 12.1. The van der Waals surface area contributed by atoms with E-state index in [0.717, 1.165) is 19.3 Å². The van der Waals surface area contributed by atoms with Gasteiger partial charge in [-0.1, -0.05) is 6.07 Å². The molecule has 2 saturated heterocycles. The molecule has 0 radical (unpaired) electrons. The number of carbonyl (C=O) groups is 1. The summed E-state index contributed by atoms with van der Waals surface area (Å²) in [5.41, 5.74) is 0. The van der Waals surface area contributed by atoms with E-state index in [0.29, 0.717) is 32.2 Å². The highest BCUT2D eigenvalue weighted by Crippen LogP contribution is 2.19. The smallest absolute Gasteiger partial charge is 0.410 e. The van der Waals surface area contributed by atoms with E-state index in [1.165, 1.54) is 0 Å². The molecule has 1 atom stereocenters. The van der Waals surface area contributed by atoms with Crippen LogP contribution in [0.5, 0.6) is 5.88 Å². The van der Waals surface area contributed by atoms with Gasteiger partial charge in [-0.3, -0.25) is 0 Å². The second-order valence-electron chi connectivity index (χ2n) is 5.34. The van der Waals surface area contributed by atoms with Crippen LogP contribution >= 0.6 is 0 Å². The summed E-state index contributed by atoms with van der Waals surface area (Å²) in [5, 5.41) is 0. The zero-order valence-electron chi connectivity index (χ0n) is 11.9. The molecule has 0 N–H and O–H groups in total. The summed E-state index contributed by atoms with van der Waals surface area (Å²) in [6, 6.07) is 5.55. The number of amides is 1. The van der Waals surface area contributed by atoms with E-state index in [-0.39, 0.29) is 18.3 Å². The molecule has 0 bridgehead atoms. The molecule has 2 fully saturated rings. The Kier molecular flexibility index (Phi) is 4.55. The number of hydrogen-bond acceptors (Lipinski definition) is 5. The van der Waals surface area contributed by atoms with Gasteiger partial charge in [-0.25, -0.2) is 9.78 Å². The van der Waals surface area contributed by atoms with Crippen molar-refractivity contribution in [2.45, 2.75) is 31.5 Å². The van der Waals surface area contributed by atoms with E-state index in [1.807, 2.05) is 18.2 Å². The lowest BCUT2D eigenvalue weighted by molar-refractivity contribution is -0.00898. The van der Waals surface area contributed by atoms with Crippen LogP contribution in [0.2, 0.25) is 0 Å². The second-order valence-corrected chi connectivity index (χ2v) is 5.34. The number of ether oxygens (including phenoxy) is 3. The van der Waals surface area contributed by atoms with Crippen LogP contribution in [0, 0.1) is 0 Å². The monoisotopic (exact) mass is 292 g/mol.